The first-order chi connectivity index (χ1) is 11.7. The molecule has 3 heteroatoms. The van der Waals surface area contributed by atoms with Crippen LogP contribution in [0.4, 0.5) is 0 Å². The molecule has 1 atom stereocenters. The number of rotatable bonds is 4. The number of halogens is 1. The highest BCUT2D eigenvalue weighted by Crippen LogP contribution is 2.37. The standard InChI is InChI=1S/C22H27IOSi/c1-22(2,3)25(4,5)24-20(16-15-18-11-7-6-8-12-18)17-19-13-9-10-14-21(19)23/h6-14,20H,17H2,1-5H3. The molecule has 0 spiro atoms. The van der Waals surface area contributed by atoms with Crippen molar-refractivity contribution in [2.45, 2.75) is 51.4 Å². The molecule has 0 aliphatic carbocycles. The molecular formula is C22H27IOSi. The van der Waals surface area contributed by atoms with Crippen LogP contribution in [0.5, 0.6) is 0 Å². The van der Waals surface area contributed by atoms with Gasteiger partial charge in [-0.1, -0.05) is 69.0 Å². The maximum atomic E-state index is 6.64. The van der Waals surface area contributed by atoms with Gasteiger partial charge in [0.2, 0.25) is 0 Å². The first kappa shape index (κ1) is 20.2. The minimum Gasteiger partial charge on any atom is -0.403 e. The summed E-state index contributed by atoms with van der Waals surface area (Å²) in [6, 6.07) is 18.6. The SMILES string of the molecule is CC(C)(C)[Si](C)(C)OC(C#Cc1ccccc1)Cc1ccccc1I. The van der Waals surface area contributed by atoms with Crippen molar-refractivity contribution < 1.29 is 4.43 Å². The van der Waals surface area contributed by atoms with Crippen molar-refractivity contribution >= 4 is 30.9 Å². The van der Waals surface area contributed by atoms with Crippen molar-refractivity contribution in [3.05, 3.63) is 69.3 Å². The lowest BCUT2D eigenvalue weighted by molar-refractivity contribution is 0.233. The van der Waals surface area contributed by atoms with Crippen molar-refractivity contribution in [3.8, 4) is 11.8 Å². The normalized spacial score (nSPS) is 13.0. The number of benzene rings is 2. The zero-order valence-corrected chi connectivity index (χ0v) is 18.9. The Hall–Kier alpha value is -1.09. The van der Waals surface area contributed by atoms with E-state index in [2.05, 4.69) is 92.6 Å². The maximum absolute atomic E-state index is 6.64. The fraction of sp³-hybridized carbons (Fsp3) is 0.364. The summed E-state index contributed by atoms with van der Waals surface area (Å²) in [5.74, 6) is 6.70. The molecule has 0 bridgehead atoms. The van der Waals surface area contributed by atoms with Crippen molar-refractivity contribution in [1.82, 2.24) is 0 Å². The van der Waals surface area contributed by atoms with Gasteiger partial charge in [0.05, 0.1) is 0 Å². The molecule has 2 rings (SSSR count). The Kier molecular flexibility index (Phi) is 6.90. The van der Waals surface area contributed by atoms with Crippen LogP contribution in [0.25, 0.3) is 0 Å². The van der Waals surface area contributed by atoms with E-state index in [0.29, 0.717) is 0 Å². The lowest BCUT2D eigenvalue weighted by Gasteiger charge is -2.38. The van der Waals surface area contributed by atoms with Gasteiger partial charge >= 0.3 is 0 Å². The smallest absolute Gasteiger partial charge is 0.193 e. The largest absolute Gasteiger partial charge is 0.403 e. The highest BCUT2D eigenvalue weighted by Gasteiger charge is 2.39. The third-order valence-corrected chi connectivity index (χ3v) is 10.3. The predicted octanol–water partition coefficient (Wildman–Crippen LogP) is 6.28. The van der Waals surface area contributed by atoms with E-state index in [-0.39, 0.29) is 11.1 Å². The molecule has 1 nitrogen and oxygen atoms in total. The van der Waals surface area contributed by atoms with Gasteiger partial charge in [-0.3, -0.25) is 0 Å². The van der Waals surface area contributed by atoms with Crippen molar-refractivity contribution in [3.63, 3.8) is 0 Å². The molecule has 132 valence electrons. The summed E-state index contributed by atoms with van der Waals surface area (Å²) in [7, 11) is -1.88. The highest BCUT2D eigenvalue weighted by molar-refractivity contribution is 14.1. The third-order valence-electron chi connectivity index (χ3n) is 4.76. The average Bonchev–Trinajstić information content (AvgIpc) is 2.54. The molecule has 0 aliphatic rings. The van der Waals surface area contributed by atoms with Crippen LogP contribution in [0, 0.1) is 15.4 Å². The summed E-state index contributed by atoms with van der Waals surface area (Å²) < 4.78 is 7.91. The van der Waals surface area contributed by atoms with Gasteiger partial charge < -0.3 is 4.43 Å². The van der Waals surface area contributed by atoms with Crippen LogP contribution in [-0.4, -0.2) is 14.4 Å². The Morgan fingerprint density at radius 1 is 1.00 bits per heavy atom. The molecule has 1 unspecified atom stereocenters. The number of hydrogen-bond acceptors (Lipinski definition) is 1. The molecule has 0 N–H and O–H groups in total. The summed E-state index contributed by atoms with van der Waals surface area (Å²) in [5.41, 5.74) is 2.34. The molecule has 0 fully saturated rings. The second-order valence-corrected chi connectivity index (χ2v) is 13.7. The zero-order chi connectivity index (χ0) is 18.5. The Morgan fingerprint density at radius 3 is 2.20 bits per heavy atom. The van der Waals surface area contributed by atoms with Crippen molar-refractivity contribution in [1.29, 1.82) is 0 Å². The summed E-state index contributed by atoms with van der Waals surface area (Å²) >= 11 is 2.39. The molecule has 25 heavy (non-hydrogen) atoms. The molecule has 0 aliphatic heterocycles. The fourth-order valence-electron chi connectivity index (χ4n) is 2.20. The van der Waals surface area contributed by atoms with Crippen molar-refractivity contribution in [2.75, 3.05) is 0 Å². The molecule has 0 saturated heterocycles. The van der Waals surface area contributed by atoms with Gasteiger partial charge in [-0.15, -0.1) is 0 Å². The summed E-state index contributed by atoms with van der Waals surface area (Å²) in [5, 5.41) is 0.170. The minimum atomic E-state index is -1.88. The zero-order valence-electron chi connectivity index (χ0n) is 15.8. The second-order valence-electron chi connectivity index (χ2n) is 7.80. The van der Waals surface area contributed by atoms with Gasteiger partial charge in [0.25, 0.3) is 0 Å². The van der Waals surface area contributed by atoms with Gasteiger partial charge in [0.15, 0.2) is 8.32 Å². The van der Waals surface area contributed by atoms with E-state index >= 15 is 0 Å². The van der Waals surface area contributed by atoms with Gasteiger partial charge in [0, 0.05) is 15.6 Å². The van der Waals surface area contributed by atoms with Gasteiger partial charge in [-0.05, 0) is 64.5 Å². The van der Waals surface area contributed by atoms with Gasteiger partial charge in [-0.25, -0.2) is 0 Å². The van der Waals surface area contributed by atoms with Crippen LogP contribution in [-0.2, 0) is 10.8 Å². The van der Waals surface area contributed by atoms with Crippen LogP contribution in [0.15, 0.2) is 54.6 Å². The molecule has 0 heterocycles. The molecule has 0 saturated carbocycles. The number of hydrogen-bond donors (Lipinski definition) is 0. The summed E-state index contributed by atoms with van der Waals surface area (Å²) in [6.45, 7) is 11.4. The Bertz CT molecular complexity index is 751. The van der Waals surface area contributed by atoms with Crippen molar-refractivity contribution in [2.24, 2.45) is 0 Å². The lowest BCUT2D eigenvalue weighted by Crippen LogP contribution is -2.44. The third kappa shape index (κ3) is 5.98. The Labute approximate surface area is 167 Å². The molecule has 0 amide bonds. The van der Waals surface area contributed by atoms with Gasteiger partial charge in [-0.2, -0.15) is 0 Å². The lowest BCUT2D eigenvalue weighted by atomic mass is 10.1. The summed E-state index contributed by atoms with van der Waals surface area (Å²) in [6.07, 6.45) is 0.739. The van der Waals surface area contributed by atoms with E-state index in [1.807, 2.05) is 30.3 Å². The minimum absolute atomic E-state index is 0.0861. The molecule has 2 aromatic rings. The maximum Gasteiger partial charge on any atom is 0.193 e. The Balaban J connectivity index is 2.28. The van der Waals surface area contributed by atoms with E-state index in [0.717, 1.165) is 12.0 Å². The Morgan fingerprint density at radius 2 is 1.60 bits per heavy atom. The van der Waals surface area contributed by atoms with E-state index in [1.54, 1.807) is 0 Å². The monoisotopic (exact) mass is 462 g/mol. The van der Waals surface area contributed by atoms with E-state index in [9.17, 15) is 0 Å². The van der Waals surface area contributed by atoms with Crippen LogP contribution >= 0.6 is 22.6 Å². The molecular weight excluding hydrogens is 435 g/mol. The predicted molar refractivity (Wildman–Crippen MR) is 118 cm³/mol. The van der Waals surface area contributed by atoms with Crippen LogP contribution in [0.3, 0.4) is 0 Å². The topological polar surface area (TPSA) is 9.23 Å². The van der Waals surface area contributed by atoms with Gasteiger partial charge in [0.1, 0.15) is 6.10 Å². The summed E-state index contributed by atoms with van der Waals surface area (Å²) in [4.78, 5) is 0. The molecule has 0 aromatic heterocycles. The van der Waals surface area contributed by atoms with Crippen LogP contribution in [0.1, 0.15) is 31.9 Å². The first-order valence-corrected chi connectivity index (χ1v) is 12.7. The quantitative estimate of drug-likeness (QED) is 0.295. The van der Waals surface area contributed by atoms with E-state index < -0.39 is 8.32 Å². The average molecular weight is 462 g/mol. The second kappa shape index (κ2) is 8.53. The molecule has 0 radical (unpaired) electrons. The molecule has 2 aromatic carbocycles. The highest BCUT2D eigenvalue weighted by atomic mass is 127. The fourth-order valence-corrected chi connectivity index (χ4v) is 4.02. The van der Waals surface area contributed by atoms with Crippen LogP contribution in [0.2, 0.25) is 18.1 Å². The van der Waals surface area contributed by atoms with Crippen LogP contribution < -0.4 is 0 Å². The van der Waals surface area contributed by atoms with E-state index in [1.165, 1.54) is 9.13 Å². The first-order valence-electron chi connectivity index (χ1n) is 8.67. The van der Waals surface area contributed by atoms with E-state index in [4.69, 9.17) is 4.43 Å².